The summed E-state index contributed by atoms with van der Waals surface area (Å²) in [6.45, 7) is 1.72. The Morgan fingerprint density at radius 1 is 1.44 bits per heavy atom. The zero-order valence-corrected chi connectivity index (χ0v) is 8.92. The molecule has 0 aliphatic heterocycles. The van der Waals surface area contributed by atoms with E-state index in [1.165, 1.54) is 4.68 Å². The SMILES string of the molecule is Cc1n[nH]c(=O)n1/N=C/Cc1ccccc1. The maximum Gasteiger partial charge on any atom is 0.364 e. The van der Waals surface area contributed by atoms with E-state index in [0.29, 0.717) is 12.2 Å². The summed E-state index contributed by atoms with van der Waals surface area (Å²) < 4.78 is 1.24. The lowest BCUT2D eigenvalue weighted by molar-refractivity contribution is 0.797. The minimum Gasteiger partial charge on any atom is -0.244 e. The summed E-state index contributed by atoms with van der Waals surface area (Å²) in [4.78, 5) is 11.2. The Balaban J connectivity index is 2.09. The van der Waals surface area contributed by atoms with E-state index in [2.05, 4.69) is 15.3 Å². The first-order chi connectivity index (χ1) is 7.77. The number of aromatic amines is 1. The second-order valence-electron chi connectivity index (χ2n) is 3.38. The van der Waals surface area contributed by atoms with Gasteiger partial charge in [-0.15, -0.1) is 0 Å². The maximum absolute atomic E-state index is 11.2. The number of hydrogen-bond acceptors (Lipinski definition) is 3. The molecule has 16 heavy (non-hydrogen) atoms. The van der Waals surface area contributed by atoms with Crippen molar-refractivity contribution in [2.75, 3.05) is 0 Å². The molecular weight excluding hydrogens is 204 g/mol. The summed E-state index contributed by atoms with van der Waals surface area (Å²) >= 11 is 0. The third kappa shape index (κ3) is 2.25. The molecule has 0 fully saturated rings. The second kappa shape index (κ2) is 4.57. The first-order valence-electron chi connectivity index (χ1n) is 4.98. The van der Waals surface area contributed by atoms with Crippen LogP contribution in [0, 0.1) is 6.92 Å². The van der Waals surface area contributed by atoms with Gasteiger partial charge in [0, 0.05) is 12.6 Å². The predicted octanol–water partition coefficient (Wildman–Crippen LogP) is 0.956. The smallest absolute Gasteiger partial charge is 0.244 e. The fourth-order valence-electron chi connectivity index (χ4n) is 1.35. The van der Waals surface area contributed by atoms with E-state index in [-0.39, 0.29) is 5.69 Å². The number of aromatic nitrogens is 3. The van der Waals surface area contributed by atoms with Gasteiger partial charge in [-0.05, 0) is 12.5 Å². The third-order valence-electron chi connectivity index (χ3n) is 2.18. The molecule has 0 amide bonds. The van der Waals surface area contributed by atoms with Gasteiger partial charge < -0.3 is 0 Å². The molecule has 0 radical (unpaired) electrons. The fourth-order valence-corrected chi connectivity index (χ4v) is 1.35. The topological polar surface area (TPSA) is 63.0 Å². The summed E-state index contributed by atoms with van der Waals surface area (Å²) in [5, 5.41) is 10.1. The van der Waals surface area contributed by atoms with Gasteiger partial charge in [-0.1, -0.05) is 30.3 Å². The zero-order chi connectivity index (χ0) is 11.4. The van der Waals surface area contributed by atoms with Gasteiger partial charge in [0.1, 0.15) is 0 Å². The summed E-state index contributed by atoms with van der Waals surface area (Å²) in [5.74, 6) is 0.550. The van der Waals surface area contributed by atoms with Crippen molar-refractivity contribution in [3.63, 3.8) is 0 Å². The molecule has 5 heteroatoms. The highest BCUT2D eigenvalue weighted by Gasteiger charge is 1.99. The normalized spacial score (nSPS) is 11.1. The number of rotatable bonds is 3. The molecule has 0 aliphatic rings. The van der Waals surface area contributed by atoms with Crippen molar-refractivity contribution in [3.05, 3.63) is 52.2 Å². The van der Waals surface area contributed by atoms with Gasteiger partial charge in [-0.3, -0.25) is 0 Å². The molecule has 0 spiro atoms. The van der Waals surface area contributed by atoms with E-state index in [0.717, 1.165) is 5.56 Å². The van der Waals surface area contributed by atoms with E-state index >= 15 is 0 Å². The van der Waals surface area contributed by atoms with Crippen LogP contribution in [0.3, 0.4) is 0 Å². The van der Waals surface area contributed by atoms with Crippen molar-refractivity contribution in [2.24, 2.45) is 5.10 Å². The molecule has 1 N–H and O–H groups in total. The summed E-state index contributed by atoms with van der Waals surface area (Å²) in [6.07, 6.45) is 2.39. The first kappa shape index (κ1) is 10.4. The molecule has 0 saturated carbocycles. The summed E-state index contributed by atoms with van der Waals surface area (Å²) in [7, 11) is 0. The zero-order valence-electron chi connectivity index (χ0n) is 8.92. The molecule has 0 aliphatic carbocycles. The van der Waals surface area contributed by atoms with E-state index in [1.807, 2.05) is 30.3 Å². The van der Waals surface area contributed by atoms with Crippen LogP contribution < -0.4 is 5.69 Å². The number of nitrogens with one attached hydrogen (secondary N) is 1. The lowest BCUT2D eigenvalue weighted by Crippen LogP contribution is -2.13. The van der Waals surface area contributed by atoms with Gasteiger partial charge >= 0.3 is 5.69 Å². The number of hydrogen-bond donors (Lipinski definition) is 1. The Kier molecular flexibility index (Phi) is 2.95. The Bertz CT molecular complexity index is 539. The second-order valence-corrected chi connectivity index (χ2v) is 3.38. The Morgan fingerprint density at radius 3 is 2.81 bits per heavy atom. The first-order valence-corrected chi connectivity index (χ1v) is 4.98. The molecule has 2 aromatic rings. The predicted molar refractivity (Wildman–Crippen MR) is 61.6 cm³/mol. The lowest BCUT2D eigenvalue weighted by atomic mass is 10.2. The lowest BCUT2D eigenvalue weighted by Gasteiger charge is -1.94. The molecule has 1 aromatic carbocycles. The van der Waals surface area contributed by atoms with E-state index in [4.69, 9.17) is 0 Å². The van der Waals surface area contributed by atoms with Crippen LogP contribution in [0.5, 0.6) is 0 Å². The number of H-pyrrole nitrogens is 1. The van der Waals surface area contributed by atoms with Crippen LogP contribution in [0.4, 0.5) is 0 Å². The minimum absolute atomic E-state index is 0.318. The maximum atomic E-state index is 11.2. The van der Waals surface area contributed by atoms with Gasteiger partial charge in [-0.2, -0.15) is 14.9 Å². The van der Waals surface area contributed by atoms with Crippen LogP contribution in [-0.4, -0.2) is 21.1 Å². The molecule has 82 valence electrons. The molecule has 0 unspecified atom stereocenters. The number of aryl methyl sites for hydroxylation is 1. The van der Waals surface area contributed by atoms with Crippen LogP contribution in [-0.2, 0) is 6.42 Å². The van der Waals surface area contributed by atoms with Crippen LogP contribution >= 0.6 is 0 Å². The molecule has 5 nitrogen and oxygen atoms in total. The van der Waals surface area contributed by atoms with Crippen molar-refractivity contribution in [3.8, 4) is 0 Å². The van der Waals surface area contributed by atoms with E-state index in [9.17, 15) is 4.79 Å². The van der Waals surface area contributed by atoms with Crippen molar-refractivity contribution in [1.29, 1.82) is 0 Å². The fraction of sp³-hybridized carbons (Fsp3) is 0.182. The average Bonchev–Trinajstić information content (AvgIpc) is 2.62. The van der Waals surface area contributed by atoms with Gasteiger partial charge in [-0.25, -0.2) is 9.89 Å². The van der Waals surface area contributed by atoms with Crippen molar-refractivity contribution < 1.29 is 0 Å². The van der Waals surface area contributed by atoms with Crippen LogP contribution in [0.2, 0.25) is 0 Å². The van der Waals surface area contributed by atoms with Gasteiger partial charge in [0.15, 0.2) is 5.82 Å². The quantitative estimate of drug-likeness (QED) is 0.776. The molecule has 2 rings (SSSR count). The van der Waals surface area contributed by atoms with E-state index < -0.39 is 0 Å². The number of benzene rings is 1. The van der Waals surface area contributed by atoms with Gasteiger partial charge in [0.2, 0.25) is 0 Å². The summed E-state index contributed by atoms with van der Waals surface area (Å²) in [5.41, 5.74) is 0.835. The molecule has 0 saturated heterocycles. The van der Waals surface area contributed by atoms with Crippen LogP contribution in [0.15, 0.2) is 40.2 Å². The molecular formula is C11H12N4O. The highest BCUT2D eigenvalue weighted by atomic mass is 16.2. The van der Waals surface area contributed by atoms with Crippen LogP contribution in [0.1, 0.15) is 11.4 Å². The Hall–Kier alpha value is -2.17. The van der Waals surface area contributed by atoms with Gasteiger partial charge in [0.25, 0.3) is 0 Å². The van der Waals surface area contributed by atoms with Crippen molar-refractivity contribution in [1.82, 2.24) is 14.9 Å². The Morgan fingerprint density at radius 2 is 2.19 bits per heavy atom. The largest absolute Gasteiger partial charge is 0.364 e. The minimum atomic E-state index is -0.318. The molecule has 0 atom stereocenters. The van der Waals surface area contributed by atoms with Crippen LogP contribution in [0.25, 0.3) is 0 Å². The average molecular weight is 216 g/mol. The molecule has 1 aromatic heterocycles. The van der Waals surface area contributed by atoms with E-state index in [1.54, 1.807) is 13.1 Å². The third-order valence-corrected chi connectivity index (χ3v) is 2.18. The Labute approximate surface area is 92.4 Å². The standard InChI is InChI=1S/C11H12N4O/c1-9-13-14-11(16)15(9)12-8-7-10-5-3-2-4-6-10/h2-6,8H,7H2,1H3,(H,14,16)/b12-8+. The van der Waals surface area contributed by atoms with Crippen molar-refractivity contribution >= 4 is 6.21 Å². The van der Waals surface area contributed by atoms with Gasteiger partial charge in [0.05, 0.1) is 0 Å². The highest BCUT2D eigenvalue weighted by molar-refractivity contribution is 5.61. The number of nitrogens with zero attached hydrogens (tertiary/aromatic N) is 3. The highest BCUT2D eigenvalue weighted by Crippen LogP contribution is 1.97. The molecule has 0 bridgehead atoms. The molecule has 1 heterocycles. The van der Waals surface area contributed by atoms with Crippen molar-refractivity contribution in [2.45, 2.75) is 13.3 Å². The summed E-state index contributed by atoms with van der Waals surface area (Å²) in [6, 6.07) is 9.93. The monoisotopic (exact) mass is 216 g/mol.